The molecule has 1 N–H and O–H groups in total. The van der Waals surface area contributed by atoms with Gasteiger partial charge in [-0.2, -0.15) is 0 Å². The SMILES string of the molecule is CC1CC/C(=C2/CCOC2)CN1. The van der Waals surface area contributed by atoms with Gasteiger partial charge in [0.15, 0.2) is 0 Å². The lowest BCUT2D eigenvalue weighted by Crippen LogP contribution is -2.33. The van der Waals surface area contributed by atoms with Crippen molar-refractivity contribution in [2.45, 2.75) is 32.2 Å². The van der Waals surface area contributed by atoms with E-state index in [1.807, 2.05) is 0 Å². The molecule has 2 fully saturated rings. The standard InChI is InChI=1S/C10H17NO/c1-8-2-3-9(6-11-8)10-4-5-12-7-10/h8,11H,2-7H2,1H3/b10-9+. The van der Waals surface area contributed by atoms with Crippen molar-refractivity contribution in [2.24, 2.45) is 0 Å². The molecule has 0 bridgehead atoms. The summed E-state index contributed by atoms with van der Waals surface area (Å²) >= 11 is 0. The Kier molecular flexibility index (Phi) is 2.47. The van der Waals surface area contributed by atoms with Crippen molar-refractivity contribution in [1.29, 1.82) is 0 Å². The molecule has 0 radical (unpaired) electrons. The smallest absolute Gasteiger partial charge is 0.0680 e. The fraction of sp³-hybridized carbons (Fsp3) is 0.800. The summed E-state index contributed by atoms with van der Waals surface area (Å²) in [4.78, 5) is 0. The van der Waals surface area contributed by atoms with Crippen LogP contribution in [-0.2, 0) is 4.74 Å². The third kappa shape index (κ3) is 1.70. The topological polar surface area (TPSA) is 21.3 Å². The van der Waals surface area contributed by atoms with Crippen molar-refractivity contribution in [3.8, 4) is 0 Å². The molecule has 2 nitrogen and oxygen atoms in total. The number of ether oxygens (including phenoxy) is 1. The van der Waals surface area contributed by atoms with Crippen LogP contribution in [0.25, 0.3) is 0 Å². The van der Waals surface area contributed by atoms with Gasteiger partial charge in [0.1, 0.15) is 0 Å². The van der Waals surface area contributed by atoms with Gasteiger partial charge in [-0.3, -0.25) is 0 Å². The highest BCUT2D eigenvalue weighted by Gasteiger charge is 2.17. The second-order valence-electron chi connectivity index (χ2n) is 3.83. The first-order chi connectivity index (χ1) is 5.86. The highest BCUT2D eigenvalue weighted by Crippen LogP contribution is 2.22. The van der Waals surface area contributed by atoms with Crippen molar-refractivity contribution >= 4 is 0 Å². The largest absolute Gasteiger partial charge is 0.377 e. The van der Waals surface area contributed by atoms with Crippen molar-refractivity contribution in [2.75, 3.05) is 19.8 Å². The predicted octanol–water partition coefficient (Wildman–Crippen LogP) is 1.48. The van der Waals surface area contributed by atoms with Gasteiger partial charge in [0.25, 0.3) is 0 Å². The van der Waals surface area contributed by atoms with Crippen LogP contribution in [0.4, 0.5) is 0 Å². The molecule has 12 heavy (non-hydrogen) atoms. The van der Waals surface area contributed by atoms with E-state index < -0.39 is 0 Å². The summed E-state index contributed by atoms with van der Waals surface area (Å²) in [5.74, 6) is 0. The Balaban J connectivity index is 1.99. The molecule has 1 unspecified atom stereocenters. The van der Waals surface area contributed by atoms with Crippen LogP contribution in [0, 0.1) is 0 Å². The lowest BCUT2D eigenvalue weighted by Gasteiger charge is -2.23. The van der Waals surface area contributed by atoms with Gasteiger partial charge in [-0.25, -0.2) is 0 Å². The summed E-state index contributed by atoms with van der Waals surface area (Å²) in [6, 6.07) is 0.705. The van der Waals surface area contributed by atoms with Crippen LogP contribution in [0.5, 0.6) is 0 Å². The maximum atomic E-state index is 5.35. The molecular weight excluding hydrogens is 150 g/mol. The minimum Gasteiger partial charge on any atom is -0.377 e. The van der Waals surface area contributed by atoms with Crippen LogP contribution in [0.3, 0.4) is 0 Å². The van der Waals surface area contributed by atoms with Gasteiger partial charge in [0, 0.05) is 12.6 Å². The molecule has 2 heterocycles. The zero-order valence-corrected chi connectivity index (χ0v) is 7.73. The second kappa shape index (κ2) is 3.58. The summed E-state index contributed by atoms with van der Waals surface area (Å²) in [7, 11) is 0. The summed E-state index contributed by atoms with van der Waals surface area (Å²) in [6.07, 6.45) is 3.75. The van der Waals surface area contributed by atoms with Gasteiger partial charge >= 0.3 is 0 Å². The first-order valence-corrected chi connectivity index (χ1v) is 4.87. The molecule has 0 amide bonds. The van der Waals surface area contributed by atoms with Gasteiger partial charge in [-0.1, -0.05) is 5.57 Å². The molecule has 2 rings (SSSR count). The maximum Gasteiger partial charge on any atom is 0.0680 e. The van der Waals surface area contributed by atoms with Gasteiger partial charge < -0.3 is 10.1 Å². The number of hydrogen-bond acceptors (Lipinski definition) is 2. The minimum absolute atomic E-state index is 0.705. The van der Waals surface area contributed by atoms with Crippen LogP contribution >= 0.6 is 0 Å². The molecule has 2 saturated heterocycles. The zero-order chi connectivity index (χ0) is 8.39. The fourth-order valence-electron chi connectivity index (χ4n) is 1.92. The maximum absolute atomic E-state index is 5.35. The molecule has 1 atom stereocenters. The van der Waals surface area contributed by atoms with Crippen LogP contribution in [0.15, 0.2) is 11.1 Å². The van der Waals surface area contributed by atoms with Crippen molar-refractivity contribution in [3.63, 3.8) is 0 Å². The summed E-state index contributed by atoms with van der Waals surface area (Å²) in [5, 5.41) is 3.50. The molecule has 0 aromatic carbocycles. The number of nitrogens with one attached hydrogen (secondary N) is 1. The van der Waals surface area contributed by atoms with Gasteiger partial charge in [-0.05, 0) is 31.8 Å². The lowest BCUT2D eigenvalue weighted by molar-refractivity contribution is 0.204. The van der Waals surface area contributed by atoms with Crippen molar-refractivity contribution in [1.82, 2.24) is 5.32 Å². The molecule has 0 aliphatic carbocycles. The zero-order valence-electron chi connectivity index (χ0n) is 7.73. The minimum atomic E-state index is 0.705. The van der Waals surface area contributed by atoms with Crippen molar-refractivity contribution < 1.29 is 4.74 Å². The van der Waals surface area contributed by atoms with Gasteiger partial charge in [-0.15, -0.1) is 0 Å². The highest BCUT2D eigenvalue weighted by atomic mass is 16.5. The summed E-state index contributed by atoms with van der Waals surface area (Å²) < 4.78 is 5.35. The Labute approximate surface area is 74.0 Å². The van der Waals surface area contributed by atoms with E-state index in [1.165, 1.54) is 19.3 Å². The fourth-order valence-corrected chi connectivity index (χ4v) is 1.92. The molecule has 2 heteroatoms. The third-order valence-corrected chi connectivity index (χ3v) is 2.87. The van der Waals surface area contributed by atoms with Crippen LogP contribution in [0.2, 0.25) is 0 Å². The van der Waals surface area contributed by atoms with E-state index in [2.05, 4.69) is 12.2 Å². The molecule has 2 aliphatic heterocycles. The Bertz CT molecular complexity index is 180. The van der Waals surface area contributed by atoms with E-state index in [4.69, 9.17) is 4.74 Å². The molecule has 0 spiro atoms. The van der Waals surface area contributed by atoms with Crippen molar-refractivity contribution in [3.05, 3.63) is 11.1 Å². The first-order valence-electron chi connectivity index (χ1n) is 4.87. The molecule has 0 aromatic heterocycles. The molecule has 68 valence electrons. The Morgan fingerprint density at radius 3 is 2.83 bits per heavy atom. The molecule has 2 aliphatic rings. The van der Waals surface area contributed by atoms with Crippen LogP contribution < -0.4 is 5.32 Å². The Morgan fingerprint density at radius 1 is 1.33 bits per heavy atom. The van der Waals surface area contributed by atoms with E-state index >= 15 is 0 Å². The third-order valence-electron chi connectivity index (χ3n) is 2.87. The quantitative estimate of drug-likeness (QED) is 0.552. The van der Waals surface area contributed by atoms with Crippen LogP contribution in [-0.4, -0.2) is 25.8 Å². The highest BCUT2D eigenvalue weighted by molar-refractivity contribution is 5.20. The second-order valence-corrected chi connectivity index (χ2v) is 3.83. The van der Waals surface area contributed by atoms with E-state index in [9.17, 15) is 0 Å². The number of hydrogen-bond donors (Lipinski definition) is 1. The molecule has 0 saturated carbocycles. The number of piperidine rings is 1. The average Bonchev–Trinajstić information content (AvgIpc) is 2.58. The lowest BCUT2D eigenvalue weighted by atomic mass is 9.96. The average molecular weight is 167 g/mol. The van der Waals surface area contributed by atoms with E-state index in [-0.39, 0.29) is 0 Å². The monoisotopic (exact) mass is 167 g/mol. The normalized spacial score (nSPS) is 37.2. The summed E-state index contributed by atoms with van der Waals surface area (Å²) in [6.45, 7) is 5.19. The van der Waals surface area contributed by atoms with Gasteiger partial charge in [0.2, 0.25) is 0 Å². The Hall–Kier alpha value is -0.340. The molecular formula is C10H17NO. The molecule has 0 aromatic rings. The van der Waals surface area contributed by atoms with E-state index in [0.29, 0.717) is 6.04 Å². The van der Waals surface area contributed by atoms with E-state index in [1.54, 1.807) is 11.1 Å². The van der Waals surface area contributed by atoms with E-state index in [0.717, 1.165) is 19.8 Å². The summed E-state index contributed by atoms with van der Waals surface area (Å²) in [5.41, 5.74) is 3.18. The predicted molar refractivity (Wildman–Crippen MR) is 49.2 cm³/mol. The Morgan fingerprint density at radius 2 is 2.25 bits per heavy atom. The first kappa shape index (κ1) is 8.27. The van der Waals surface area contributed by atoms with Gasteiger partial charge in [0.05, 0.1) is 13.2 Å². The van der Waals surface area contributed by atoms with Crippen LogP contribution in [0.1, 0.15) is 26.2 Å². The number of rotatable bonds is 0.